The molecule has 5 heteroatoms. The van der Waals surface area contributed by atoms with Crippen molar-refractivity contribution in [1.82, 2.24) is 0 Å². The van der Waals surface area contributed by atoms with E-state index >= 15 is 0 Å². The van der Waals surface area contributed by atoms with E-state index in [0.29, 0.717) is 0 Å². The fraction of sp³-hybridized carbons (Fsp3) is 0. The van der Waals surface area contributed by atoms with Crippen molar-refractivity contribution >= 4 is 7.32 Å². The minimum absolute atomic E-state index is 0. The maximum Gasteiger partial charge on any atom is 0.631 e. The van der Waals surface area contributed by atoms with Crippen molar-refractivity contribution in [2.24, 2.45) is 0 Å². The first-order valence-electron chi connectivity index (χ1n) is 0.775. The molecule has 0 radical (unpaired) electrons. The molecule has 28 valence electrons. The average Bonchev–Trinajstić information content (AvgIpc) is 0.811. The molecule has 0 aromatic rings. The molecule has 0 aliphatic rings. The van der Waals surface area contributed by atoms with Gasteiger partial charge in [-0.1, -0.05) is 0 Å². The number of hydrogen-bond acceptors (Lipinski definition) is 3. The Morgan fingerprint density at radius 3 is 1.20 bits per heavy atom. The van der Waals surface area contributed by atoms with Gasteiger partial charge in [0.05, 0.1) is 0 Å². The Bertz CT molecular complexity index is 15.5. The zero-order valence-corrected chi connectivity index (χ0v) is 5.59. The van der Waals surface area contributed by atoms with Crippen molar-refractivity contribution in [1.29, 1.82) is 0 Å². The van der Waals surface area contributed by atoms with Gasteiger partial charge in [-0.3, -0.25) is 0 Å². The van der Waals surface area contributed by atoms with Gasteiger partial charge in [0.1, 0.15) is 0 Å². The largest absolute Gasteiger partial charge is 0.631 e. The molecule has 0 atom stereocenters. The molecule has 0 aromatic heterocycles. The molecule has 0 aliphatic carbocycles. The Morgan fingerprint density at radius 1 is 1.20 bits per heavy atom. The van der Waals surface area contributed by atoms with Gasteiger partial charge in [-0.2, -0.15) is 0 Å². The topological polar surface area (TPSA) is 60.7 Å². The van der Waals surface area contributed by atoms with Crippen molar-refractivity contribution in [3.8, 4) is 0 Å². The van der Waals surface area contributed by atoms with E-state index < -0.39 is 7.32 Å². The Morgan fingerprint density at radius 2 is 1.20 bits per heavy atom. The van der Waals surface area contributed by atoms with Crippen LogP contribution in [-0.4, -0.2) is 22.4 Å². The van der Waals surface area contributed by atoms with Crippen molar-refractivity contribution in [2.45, 2.75) is 0 Å². The minimum Gasteiger partial charge on any atom is -0.402 e. The van der Waals surface area contributed by atoms with E-state index in [1.54, 1.807) is 0 Å². The molecule has 0 spiro atoms. The summed E-state index contributed by atoms with van der Waals surface area (Å²) in [5.74, 6) is 0. The first-order chi connectivity index (χ1) is 1.73. The molecule has 0 aliphatic heterocycles. The van der Waals surface area contributed by atoms with Gasteiger partial charge in [0.2, 0.25) is 0 Å². The van der Waals surface area contributed by atoms with Gasteiger partial charge in [0.25, 0.3) is 0 Å². The fourth-order valence-corrected chi connectivity index (χ4v) is 0. The Hall–Kier alpha value is 0.568. The zero-order chi connectivity index (χ0) is 3.58. The molecule has 0 heterocycles. The molecule has 0 bridgehead atoms. The van der Waals surface area contributed by atoms with Gasteiger partial charge in [-0.25, -0.2) is 0 Å². The second-order valence-electron chi connectivity index (χ2n) is 0.346. The molecule has 0 rings (SSSR count). The molecule has 0 amide bonds. The predicted octanol–water partition coefficient (Wildman–Crippen LogP) is -1.81. The van der Waals surface area contributed by atoms with Crippen LogP contribution in [0.5, 0.6) is 0 Å². The fourth-order valence-electron chi connectivity index (χ4n) is 0. The van der Waals surface area contributed by atoms with E-state index in [4.69, 9.17) is 15.1 Å². The summed E-state index contributed by atoms with van der Waals surface area (Å²) in [6.07, 6.45) is 0. The molecular weight excluding hydrogens is 124 g/mol. The quantitative estimate of drug-likeness (QED) is 0.338. The van der Waals surface area contributed by atoms with Gasteiger partial charge in [0.15, 0.2) is 0 Å². The summed E-state index contributed by atoms with van der Waals surface area (Å²) in [5, 5.41) is 21.5. The van der Waals surface area contributed by atoms with Crippen LogP contribution in [0.15, 0.2) is 0 Å². The summed E-state index contributed by atoms with van der Waals surface area (Å²) in [7, 11) is -2.17. The standard InChI is InChI=1S/BH3O3.Zn.H2/c2-1(3)4;;/h2-4H;;1H. The van der Waals surface area contributed by atoms with Crippen LogP contribution in [0.3, 0.4) is 0 Å². The second kappa shape index (κ2) is 4.57. The van der Waals surface area contributed by atoms with Crippen LogP contribution in [0.4, 0.5) is 0 Å². The SMILES string of the molecule is OB(O)O.[HH].[Zn]. The van der Waals surface area contributed by atoms with E-state index in [1.807, 2.05) is 0 Å². The van der Waals surface area contributed by atoms with Crippen LogP contribution in [0.25, 0.3) is 0 Å². The van der Waals surface area contributed by atoms with Crippen molar-refractivity contribution in [3.63, 3.8) is 0 Å². The Kier molecular flexibility index (Phi) is 8.34. The smallest absolute Gasteiger partial charge is 0.402 e. The van der Waals surface area contributed by atoms with Crippen LogP contribution in [0.2, 0.25) is 0 Å². The molecule has 5 heavy (non-hydrogen) atoms. The van der Waals surface area contributed by atoms with E-state index in [-0.39, 0.29) is 20.9 Å². The second-order valence-corrected chi connectivity index (χ2v) is 0.346. The molecule has 0 saturated carbocycles. The van der Waals surface area contributed by atoms with Gasteiger partial charge in [-0.15, -0.1) is 0 Å². The third-order valence-corrected chi connectivity index (χ3v) is 0. The first-order valence-corrected chi connectivity index (χ1v) is 0.775. The van der Waals surface area contributed by atoms with Gasteiger partial charge in [0, 0.05) is 20.9 Å². The minimum atomic E-state index is -2.17. The zero-order valence-electron chi connectivity index (χ0n) is 2.63. The summed E-state index contributed by atoms with van der Waals surface area (Å²) >= 11 is 0. The Labute approximate surface area is 44.1 Å². The van der Waals surface area contributed by atoms with Crippen LogP contribution in [0.1, 0.15) is 1.43 Å². The summed E-state index contributed by atoms with van der Waals surface area (Å²) < 4.78 is 0. The summed E-state index contributed by atoms with van der Waals surface area (Å²) in [6, 6.07) is 0. The van der Waals surface area contributed by atoms with Crippen LogP contribution < -0.4 is 0 Å². The van der Waals surface area contributed by atoms with Crippen molar-refractivity contribution in [2.75, 3.05) is 0 Å². The molecule has 3 nitrogen and oxygen atoms in total. The molecule has 0 fully saturated rings. The molecule has 0 unspecified atom stereocenters. The molecule has 0 saturated heterocycles. The third kappa shape index (κ3) is 93.3. The van der Waals surface area contributed by atoms with Gasteiger partial charge < -0.3 is 15.1 Å². The maximum atomic E-state index is 7.17. The predicted molar refractivity (Wildman–Crippen MR) is 14.5 cm³/mol. The van der Waals surface area contributed by atoms with Crippen LogP contribution in [0, 0.1) is 0 Å². The van der Waals surface area contributed by atoms with E-state index in [9.17, 15) is 0 Å². The Balaban J connectivity index is -0.0000000450. The third-order valence-electron chi connectivity index (χ3n) is 0. The average molecular weight is 129 g/mol. The molecule has 0 aromatic carbocycles. The summed E-state index contributed by atoms with van der Waals surface area (Å²) in [5.41, 5.74) is 0. The van der Waals surface area contributed by atoms with Crippen molar-refractivity contribution in [3.05, 3.63) is 0 Å². The number of rotatable bonds is 0. The number of hydrogen-bond donors (Lipinski definition) is 3. The van der Waals surface area contributed by atoms with Crippen molar-refractivity contribution < 1.29 is 36.0 Å². The summed E-state index contributed by atoms with van der Waals surface area (Å²) in [4.78, 5) is 0. The van der Waals surface area contributed by atoms with E-state index in [2.05, 4.69) is 0 Å². The maximum absolute atomic E-state index is 7.17. The molecular formula is H5BO3Zn. The van der Waals surface area contributed by atoms with Crippen LogP contribution in [-0.2, 0) is 19.5 Å². The summed E-state index contributed by atoms with van der Waals surface area (Å²) in [6.45, 7) is 0. The molecule has 3 N–H and O–H groups in total. The van der Waals surface area contributed by atoms with Crippen LogP contribution >= 0.6 is 0 Å². The normalized spacial score (nSPS) is 5.40. The monoisotopic (exact) mass is 128 g/mol. The van der Waals surface area contributed by atoms with E-state index in [1.165, 1.54) is 0 Å². The first kappa shape index (κ1) is 9.13. The van der Waals surface area contributed by atoms with Gasteiger partial charge >= 0.3 is 7.32 Å². The van der Waals surface area contributed by atoms with Gasteiger partial charge in [-0.05, 0) is 0 Å². The van der Waals surface area contributed by atoms with E-state index in [0.717, 1.165) is 0 Å².